The van der Waals surface area contributed by atoms with Gasteiger partial charge in [0.15, 0.2) is 0 Å². The molecule has 146 valence electrons. The molecule has 0 atom stereocenters. The third-order valence-corrected chi connectivity index (χ3v) is 5.35. The summed E-state index contributed by atoms with van der Waals surface area (Å²) in [7, 11) is 0. The van der Waals surface area contributed by atoms with Crippen LogP contribution in [0.5, 0.6) is 0 Å². The summed E-state index contributed by atoms with van der Waals surface area (Å²) in [6.07, 6.45) is 0. The molecule has 0 heteroatoms. The molecule has 1 rings (SSSR count). The first-order chi connectivity index (χ1) is 10.6. The molecule has 0 aliphatic heterocycles. The van der Waals surface area contributed by atoms with Crippen LogP contribution in [0.3, 0.4) is 0 Å². The highest BCUT2D eigenvalue weighted by atomic mass is 14.5. The lowest BCUT2D eigenvalue weighted by molar-refractivity contribution is 0.245. The van der Waals surface area contributed by atoms with Crippen LogP contribution in [0.15, 0.2) is 22.3 Å². The summed E-state index contributed by atoms with van der Waals surface area (Å²) >= 11 is 0. The van der Waals surface area contributed by atoms with Gasteiger partial charge in [0, 0.05) is 5.92 Å². The number of allylic oxidation sites excluding steroid dienone is 4. The van der Waals surface area contributed by atoms with Crippen molar-refractivity contribution in [1.82, 2.24) is 0 Å². The third-order valence-electron chi connectivity index (χ3n) is 5.35. The number of hydrogen-bond donors (Lipinski definition) is 0. The van der Waals surface area contributed by atoms with Gasteiger partial charge in [-0.25, -0.2) is 0 Å². The van der Waals surface area contributed by atoms with E-state index in [1.165, 1.54) is 0 Å². The summed E-state index contributed by atoms with van der Waals surface area (Å²) in [6.45, 7) is 36.2. The average Bonchev–Trinajstić information content (AvgIpc) is 2.61. The van der Waals surface area contributed by atoms with Gasteiger partial charge >= 0.3 is 0 Å². The van der Waals surface area contributed by atoms with E-state index in [0.29, 0.717) is 5.92 Å². The molecule has 25 heavy (non-hydrogen) atoms. The second-order valence-corrected chi connectivity index (χ2v) is 13.4. The van der Waals surface area contributed by atoms with Gasteiger partial charge in [-0.15, -0.1) is 0 Å². The molecule has 1 aliphatic rings. The Morgan fingerprint density at radius 2 is 0.640 bits per heavy atom. The Labute approximate surface area is 159 Å². The van der Waals surface area contributed by atoms with Crippen LogP contribution in [-0.2, 0) is 0 Å². The van der Waals surface area contributed by atoms with Crippen LogP contribution in [0.25, 0.3) is 0 Å². The van der Waals surface area contributed by atoms with Crippen molar-refractivity contribution in [3.8, 4) is 0 Å². The Hall–Kier alpha value is -0.520. The number of rotatable bonds is 0. The van der Waals surface area contributed by atoms with Crippen LogP contribution in [0.4, 0.5) is 0 Å². The first kappa shape index (κ1) is 22.5. The van der Waals surface area contributed by atoms with Crippen molar-refractivity contribution in [1.29, 1.82) is 0 Å². The van der Waals surface area contributed by atoms with E-state index < -0.39 is 0 Å². The van der Waals surface area contributed by atoms with Gasteiger partial charge in [-0.05, 0) is 38.2 Å². The minimum absolute atomic E-state index is 0.154. The molecule has 0 nitrogen and oxygen atoms in total. The normalized spacial score (nSPS) is 19.3. The molecule has 0 spiro atoms. The molecular weight excluding hydrogens is 300 g/mol. The smallest absolute Gasteiger partial charge is 0.00783 e. The van der Waals surface area contributed by atoms with E-state index in [4.69, 9.17) is 0 Å². The predicted octanol–water partition coefficient (Wildman–Crippen LogP) is 8.44. The summed E-state index contributed by atoms with van der Waals surface area (Å²) < 4.78 is 0. The highest BCUT2D eigenvalue weighted by Crippen LogP contribution is 2.62. The second kappa shape index (κ2) is 6.00. The van der Waals surface area contributed by atoms with Crippen molar-refractivity contribution in [3.63, 3.8) is 0 Å². The van der Waals surface area contributed by atoms with Gasteiger partial charge in [-0.3, -0.25) is 0 Å². The highest BCUT2D eigenvalue weighted by molar-refractivity contribution is 5.58. The van der Waals surface area contributed by atoms with Crippen molar-refractivity contribution < 1.29 is 0 Å². The summed E-state index contributed by atoms with van der Waals surface area (Å²) in [4.78, 5) is 0. The summed E-state index contributed by atoms with van der Waals surface area (Å²) in [6, 6.07) is 0. The topological polar surface area (TPSA) is 0 Å². The van der Waals surface area contributed by atoms with Crippen LogP contribution in [-0.4, -0.2) is 0 Å². The highest BCUT2D eigenvalue weighted by Gasteiger charge is 2.51. The first-order valence-corrected chi connectivity index (χ1v) is 10.1. The molecule has 0 bridgehead atoms. The van der Waals surface area contributed by atoms with E-state index >= 15 is 0 Å². The zero-order chi connectivity index (χ0) is 20.4. The largest absolute Gasteiger partial charge is 0.0593 e. The predicted molar refractivity (Wildman–Crippen MR) is 115 cm³/mol. The van der Waals surface area contributed by atoms with Gasteiger partial charge in [0.1, 0.15) is 0 Å². The van der Waals surface area contributed by atoms with Gasteiger partial charge in [0.25, 0.3) is 0 Å². The van der Waals surface area contributed by atoms with Crippen LogP contribution < -0.4 is 0 Å². The molecule has 1 aliphatic carbocycles. The lowest BCUT2D eigenvalue weighted by Crippen LogP contribution is -2.33. The molecule has 0 radical (unpaired) electrons. The van der Waals surface area contributed by atoms with E-state index in [-0.39, 0.29) is 27.1 Å². The molecule has 0 unspecified atom stereocenters. The van der Waals surface area contributed by atoms with Crippen molar-refractivity contribution in [2.75, 3.05) is 0 Å². The fraction of sp³-hybridized carbons (Fsp3) is 0.840. The molecule has 0 fully saturated rings. The van der Waals surface area contributed by atoms with Gasteiger partial charge in [-0.2, -0.15) is 0 Å². The van der Waals surface area contributed by atoms with Crippen molar-refractivity contribution in [3.05, 3.63) is 22.3 Å². The Morgan fingerprint density at radius 1 is 0.400 bits per heavy atom. The van der Waals surface area contributed by atoms with E-state index in [2.05, 4.69) is 104 Å². The summed E-state index contributed by atoms with van der Waals surface area (Å²) in [5, 5.41) is 0. The minimum Gasteiger partial charge on any atom is -0.0593 e. The molecule has 0 N–H and O–H groups in total. The fourth-order valence-electron chi connectivity index (χ4n) is 4.74. The van der Waals surface area contributed by atoms with Crippen LogP contribution in [0.1, 0.15) is 104 Å². The SMILES string of the molecule is CC(C)(C)C1=C(C(C)(C)C)C(C(C)(C)C)C(C(C)(C)C)=C1C(C)(C)C. The number of hydrogen-bond acceptors (Lipinski definition) is 0. The third kappa shape index (κ3) is 4.42. The monoisotopic (exact) mass is 346 g/mol. The lowest BCUT2D eigenvalue weighted by atomic mass is 9.62. The van der Waals surface area contributed by atoms with E-state index in [9.17, 15) is 0 Å². The van der Waals surface area contributed by atoms with E-state index in [1.807, 2.05) is 0 Å². The maximum absolute atomic E-state index is 2.43. The quantitative estimate of drug-likeness (QED) is 0.413. The lowest BCUT2D eigenvalue weighted by Gasteiger charge is -2.42. The fourth-order valence-corrected chi connectivity index (χ4v) is 4.74. The van der Waals surface area contributed by atoms with Crippen molar-refractivity contribution in [2.45, 2.75) is 104 Å². The maximum atomic E-state index is 2.43. The van der Waals surface area contributed by atoms with E-state index in [0.717, 1.165) is 0 Å². The Bertz CT molecular complexity index is 524. The van der Waals surface area contributed by atoms with Crippen LogP contribution in [0, 0.1) is 33.0 Å². The first-order valence-electron chi connectivity index (χ1n) is 10.1. The molecule has 0 amide bonds. The van der Waals surface area contributed by atoms with Gasteiger partial charge in [-0.1, -0.05) is 115 Å². The molecule has 0 saturated heterocycles. The van der Waals surface area contributed by atoms with Gasteiger partial charge < -0.3 is 0 Å². The molecule has 0 heterocycles. The van der Waals surface area contributed by atoms with Gasteiger partial charge in [0.05, 0.1) is 0 Å². The zero-order valence-corrected chi connectivity index (χ0v) is 20.1. The summed E-state index contributed by atoms with van der Waals surface area (Å²) in [5.74, 6) is 0.510. The summed E-state index contributed by atoms with van der Waals surface area (Å²) in [5.41, 5.74) is 7.51. The Balaban J connectivity index is 4.16. The average molecular weight is 347 g/mol. The van der Waals surface area contributed by atoms with Crippen LogP contribution >= 0.6 is 0 Å². The Morgan fingerprint density at radius 3 is 0.760 bits per heavy atom. The van der Waals surface area contributed by atoms with Crippen molar-refractivity contribution in [2.24, 2.45) is 33.0 Å². The van der Waals surface area contributed by atoms with Gasteiger partial charge in [0.2, 0.25) is 0 Å². The second-order valence-electron chi connectivity index (χ2n) is 13.4. The minimum atomic E-state index is 0.154. The van der Waals surface area contributed by atoms with Crippen molar-refractivity contribution >= 4 is 0 Å². The zero-order valence-electron chi connectivity index (χ0n) is 20.1. The van der Waals surface area contributed by atoms with Crippen LogP contribution in [0.2, 0.25) is 0 Å². The molecule has 0 saturated carbocycles. The van der Waals surface area contributed by atoms with E-state index in [1.54, 1.807) is 22.3 Å². The molecule has 0 aromatic carbocycles. The maximum Gasteiger partial charge on any atom is 0.00783 e. The standard InChI is InChI=1S/C25H46/c1-21(2,3)16-17(22(4,5)6)19(24(10,11)12)20(25(13,14)15)18(16)23(7,8)9/h16H,1-15H3. The molecule has 0 aromatic heterocycles. The Kier molecular flexibility index (Phi) is 5.40. The molecular formula is C25H46. The molecule has 0 aromatic rings.